The predicted molar refractivity (Wildman–Crippen MR) is 81.4 cm³/mol. The molecule has 2 fully saturated rings. The summed E-state index contributed by atoms with van der Waals surface area (Å²) in [6, 6.07) is 0. The van der Waals surface area contributed by atoms with Gasteiger partial charge in [-0.1, -0.05) is 33.1 Å². The molecule has 2 saturated carbocycles. The summed E-state index contributed by atoms with van der Waals surface area (Å²) >= 11 is 0. The van der Waals surface area contributed by atoms with E-state index in [1.54, 1.807) is 0 Å². The van der Waals surface area contributed by atoms with Gasteiger partial charge in [0.05, 0.1) is 12.2 Å². The van der Waals surface area contributed by atoms with Gasteiger partial charge in [-0.05, 0) is 63.5 Å². The molecule has 19 heavy (non-hydrogen) atoms. The fraction of sp³-hybridized carbons (Fsp3) is 1.00. The standard InChI is InChI=1S/C17H33NO/c1-15(2)13-18-12-11-17(9-6-10-17)19-14-16-7-4-3-5-8-16/h15-16,18H,3-14H2,1-2H3. The molecular formula is C17H33NO. The predicted octanol–water partition coefficient (Wildman–Crippen LogP) is 4.14. The van der Waals surface area contributed by atoms with Crippen LogP contribution in [0.1, 0.15) is 71.6 Å². The summed E-state index contributed by atoms with van der Waals surface area (Å²) in [6.45, 7) is 7.84. The van der Waals surface area contributed by atoms with Crippen LogP contribution in [0.5, 0.6) is 0 Å². The Bertz CT molecular complexity index is 242. The molecule has 0 atom stereocenters. The highest BCUT2D eigenvalue weighted by atomic mass is 16.5. The molecule has 0 aliphatic heterocycles. The van der Waals surface area contributed by atoms with Gasteiger partial charge in [-0.15, -0.1) is 0 Å². The smallest absolute Gasteiger partial charge is 0.0694 e. The van der Waals surface area contributed by atoms with Crippen LogP contribution in [0.25, 0.3) is 0 Å². The van der Waals surface area contributed by atoms with Crippen LogP contribution in [0.4, 0.5) is 0 Å². The molecule has 0 heterocycles. The van der Waals surface area contributed by atoms with Gasteiger partial charge < -0.3 is 10.1 Å². The van der Waals surface area contributed by atoms with Crippen molar-refractivity contribution in [2.75, 3.05) is 19.7 Å². The molecule has 0 unspecified atom stereocenters. The van der Waals surface area contributed by atoms with E-state index in [9.17, 15) is 0 Å². The topological polar surface area (TPSA) is 21.3 Å². The van der Waals surface area contributed by atoms with Crippen molar-refractivity contribution in [2.24, 2.45) is 11.8 Å². The van der Waals surface area contributed by atoms with E-state index in [4.69, 9.17) is 4.74 Å². The molecule has 0 aromatic heterocycles. The van der Waals surface area contributed by atoms with Crippen molar-refractivity contribution < 1.29 is 4.74 Å². The van der Waals surface area contributed by atoms with E-state index in [0.717, 1.165) is 31.5 Å². The van der Waals surface area contributed by atoms with Crippen LogP contribution < -0.4 is 5.32 Å². The van der Waals surface area contributed by atoms with Crippen LogP contribution in [0, 0.1) is 11.8 Å². The maximum atomic E-state index is 6.37. The Kier molecular flexibility index (Phi) is 6.15. The second-order valence-corrected chi connectivity index (χ2v) is 7.20. The molecule has 0 radical (unpaired) electrons. The Morgan fingerprint density at radius 2 is 1.84 bits per heavy atom. The van der Waals surface area contributed by atoms with Crippen molar-refractivity contribution in [1.82, 2.24) is 5.32 Å². The van der Waals surface area contributed by atoms with Crippen LogP contribution in [0.3, 0.4) is 0 Å². The number of rotatable bonds is 8. The normalized spacial score (nSPS) is 23.5. The summed E-state index contributed by atoms with van der Waals surface area (Å²) < 4.78 is 6.37. The summed E-state index contributed by atoms with van der Waals surface area (Å²) in [5.41, 5.74) is 0.251. The lowest BCUT2D eigenvalue weighted by Crippen LogP contribution is -2.44. The van der Waals surface area contributed by atoms with Crippen molar-refractivity contribution in [3.05, 3.63) is 0 Å². The number of ether oxygens (including phenoxy) is 1. The first-order chi connectivity index (χ1) is 9.20. The first-order valence-corrected chi connectivity index (χ1v) is 8.55. The molecule has 2 rings (SSSR count). The van der Waals surface area contributed by atoms with Gasteiger partial charge in [0.1, 0.15) is 0 Å². The summed E-state index contributed by atoms with van der Waals surface area (Å²) in [6.07, 6.45) is 12.3. The van der Waals surface area contributed by atoms with Gasteiger partial charge >= 0.3 is 0 Å². The van der Waals surface area contributed by atoms with Gasteiger partial charge in [-0.25, -0.2) is 0 Å². The molecule has 1 N–H and O–H groups in total. The Morgan fingerprint density at radius 3 is 2.42 bits per heavy atom. The third-order valence-corrected chi connectivity index (χ3v) is 4.92. The van der Waals surface area contributed by atoms with Gasteiger partial charge in [0.25, 0.3) is 0 Å². The first kappa shape index (κ1) is 15.3. The summed E-state index contributed by atoms with van der Waals surface area (Å²) in [7, 11) is 0. The Morgan fingerprint density at radius 1 is 1.11 bits per heavy atom. The Hall–Kier alpha value is -0.0800. The molecule has 2 heteroatoms. The van der Waals surface area contributed by atoms with Crippen LogP contribution in [-0.2, 0) is 4.74 Å². The van der Waals surface area contributed by atoms with Gasteiger partial charge in [0, 0.05) is 0 Å². The van der Waals surface area contributed by atoms with E-state index in [2.05, 4.69) is 19.2 Å². The zero-order chi connectivity index (χ0) is 13.6. The van der Waals surface area contributed by atoms with E-state index in [0.29, 0.717) is 0 Å². The van der Waals surface area contributed by atoms with Crippen molar-refractivity contribution in [1.29, 1.82) is 0 Å². The zero-order valence-corrected chi connectivity index (χ0v) is 13.0. The summed E-state index contributed by atoms with van der Waals surface area (Å²) in [5, 5.41) is 3.57. The average Bonchev–Trinajstić information content (AvgIpc) is 2.37. The fourth-order valence-corrected chi connectivity index (χ4v) is 3.39. The minimum Gasteiger partial charge on any atom is -0.375 e. The molecule has 2 aliphatic rings. The fourth-order valence-electron chi connectivity index (χ4n) is 3.39. The lowest BCUT2D eigenvalue weighted by Gasteiger charge is -2.43. The lowest BCUT2D eigenvalue weighted by molar-refractivity contribution is -0.118. The number of hydrogen-bond acceptors (Lipinski definition) is 2. The van der Waals surface area contributed by atoms with E-state index >= 15 is 0 Å². The Balaban J connectivity index is 1.63. The third kappa shape index (κ3) is 5.07. The van der Waals surface area contributed by atoms with E-state index < -0.39 is 0 Å². The van der Waals surface area contributed by atoms with Gasteiger partial charge in [0.15, 0.2) is 0 Å². The van der Waals surface area contributed by atoms with Crippen molar-refractivity contribution >= 4 is 0 Å². The second kappa shape index (κ2) is 7.64. The highest BCUT2D eigenvalue weighted by molar-refractivity contribution is 4.90. The number of hydrogen-bond donors (Lipinski definition) is 1. The van der Waals surface area contributed by atoms with Crippen LogP contribution in [-0.4, -0.2) is 25.3 Å². The minimum atomic E-state index is 0.251. The molecule has 2 nitrogen and oxygen atoms in total. The molecule has 0 aromatic carbocycles. The van der Waals surface area contributed by atoms with Gasteiger partial charge in [0.2, 0.25) is 0 Å². The van der Waals surface area contributed by atoms with E-state index in [1.807, 2.05) is 0 Å². The minimum absolute atomic E-state index is 0.251. The highest BCUT2D eigenvalue weighted by Gasteiger charge is 2.37. The second-order valence-electron chi connectivity index (χ2n) is 7.20. The monoisotopic (exact) mass is 267 g/mol. The quantitative estimate of drug-likeness (QED) is 0.667. The SMILES string of the molecule is CC(C)CNCCC1(OCC2CCCCC2)CCC1. The zero-order valence-electron chi connectivity index (χ0n) is 13.0. The van der Waals surface area contributed by atoms with Gasteiger partial charge in [-0.3, -0.25) is 0 Å². The summed E-state index contributed by atoms with van der Waals surface area (Å²) in [5.74, 6) is 1.61. The molecule has 0 spiro atoms. The van der Waals surface area contributed by atoms with Crippen molar-refractivity contribution in [2.45, 2.75) is 77.2 Å². The first-order valence-electron chi connectivity index (χ1n) is 8.55. The lowest BCUT2D eigenvalue weighted by atomic mass is 9.77. The molecule has 0 aromatic rings. The van der Waals surface area contributed by atoms with Gasteiger partial charge in [-0.2, -0.15) is 0 Å². The molecule has 0 bridgehead atoms. The largest absolute Gasteiger partial charge is 0.375 e. The maximum absolute atomic E-state index is 6.37. The van der Waals surface area contributed by atoms with Crippen molar-refractivity contribution in [3.63, 3.8) is 0 Å². The van der Waals surface area contributed by atoms with Crippen molar-refractivity contribution in [3.8, 4) is 0 Å². The number of nitrogens with one attached hydrogen (secondary N) is 1. The molecule has 0 amide bonds. The van der Waals surface area contributed by atoms with Crippen LogP contribution in [0.2, 0.25) is 0 Å². The molecule has 2 aliphatic carbocycles. The molecule has 0 saturated heterocycles. The third-order valence-electron chi connectivity index (χ3n) is 4.92. The van der Waals surface area contributed by atoms with E-state index in [1.165, 1.54) is 57.8 Å². The maximum Gasteiger partial charge on any atom is 0.0694 e. The van der Waals surface area contributed by atoms with Crippen LogP contribution >= 0.6 is 0 Å². The van der Waals surface area contributed by atoms with Crippen LogP contribution in [0.15, 0.2) is 0 Å². The highest BCUT2D eigenvalue weighted by Crippen LogP contribution is 2.39. The molecule has 112 valence electrons. The Labute approximate surface area is 119 Å². The average molecular weight is 267 g/mol. The van der Waals surface area contributed by atoms with E-state index in [-0.39, 0.29) is 5.60 Å². The molecular weight excluding hydrogens is 234 g/mol. The summed E-state index contributed by atoms with van der Waals surface area (Å²) in [4.78, 5) is 0.